The Balaban J connectivity index is 2.02. The number of rotatable bonds is 4. The summed E-state index contributed by atoms with van der Waals surface area (Å²) in [4.78, 5) is 14.1. The molecule has 1 aliphatic rings. The van der Waals surface area contributed by atoms with Crippen LogP contribution >= 0.6 is 0 Å². The number of hydrogen-bond donors (Lipinski definition) is 1. The molecule has 104 valence electrons. The number of carbonyl (C=O) groups excluding carboxylic acids is 1. The van der Waals surface area contributed by atoms with Gasteiger partial charge in [0.1, 0.15) is 5.75 Å². The molecular weight excluding hydrogens is 244 g/mol. The summed E-state index contributed by atoms with van der Waals surface area (Å²) in [5, 5.41) is 0. The molecule has 1 saturated heterocycles. The molecule has 1 aromatic carbocycles. The lowest BCUT2D eigenvalue weighted by Crippen LogP contribution is -2.48. The number of carbonyl (C=O) groups is 1. The van der Waals surface area contributed by atoms with Crippen molar-refractivity contribution in [1.29, 1.82) is 0 Å². The Labute approximate surface area is 113 Å². The normalized spacial score (nSPS) is 19.3. The minimum Gasteiger partial charge on any atom is -0.494 e. The van der Waals surface area contributed by atoms with Crippen LogP contribution in [0.1, 0.15) is 17.3 Å². The molecule has 0 aliphatic carbocycles. The standard InChI is InChI=1S/C14H20N2O3/c1-2-18-12-5-3-11(4-6-12)14(17)16-7-8-19-13(9-15)10-16/h3-6,13H,2,7-10,15H2,1H3. The zero-order valence-corrected chi connectivity index (χ0v) is 11.2. The Kier molecular flexibility index (Phi) is 4.76. The lowest BCUT2D eigenvalue weighted by atomic mass is 10.1. The van der Waals surface area contributed by atoms with Crippen LogP contribution in [0.15, 0.2) is 24.3 Å². The molecule has 0 spiro atoms. The summed E-state index contributed by atoms with van der Waals surface area (Å²) < 4.78 is 10.8. The van der Waals surface area contributed by atoms with Crippen molar-refractivity contribution in [3.05, 3.63) is 29.8 Å². The van der Waals surface area contributed by atoms with Crippen LogP contribution in [-0.4, -0.2) is 49.8 Å². The van der Waals surface area contributed by atoms with E-state index in [0.29, 0.717) is 38.4 Å². The Bertz CT molecular complexity index is 419. The highest BCUT2D eigenvalue weighted by Crippen LogP contribution is 2.15. The van der Waals surface area contributed by atoms with Crippen molar-refractivity contribution >= 4 is 5.91 Å². The summed E-state index contributed by atoms with van der Waals surface area (Å²) in [6.45, 7) is 4.71. The first kappa shape index (κ1) is 13.8. The van der Waals surface area contributed by atoms with E-state index in [-0.39, 0.29) is 12.0 Å². The summed E-state index contributed by atoms with van der Waals surface area (Å²) in [5.41, 5.74) is 6.25. The van der Waals surface area contributed by atoms with Gasteiger partial charge in [-0.15, -0.1) is 0 Å². The smallest absolute Gasteiger partial charge is 0.254 e. The van der Waals surface area contributed by atoms with Crippen LogP contribution in [0.5, 0.6) is 5.75 Å². The Hall–Kier alpha value is -1.59. The second-order valence-corrected chi connectivity index (χ2v) is 4.44. The van der Waals surface area contributed by atoms with Crippen LogP contribution in [0.2, 0.25) is 0 Å². The molecule has 0 bridgehead atoms. The average Bonchev–Trinajstić information content (AvgIpc) is 2.48. The second-order valence-electron chi connectivity index (χ2n) is 4.44. The van der Waals surface area contributed by atoms with Crippen molar-refractivity contribution in [3.8, 4) is 5.75 Å². The van der Waals surface area contributed by atoms with Gasteiger partial charge in [0, 0.05) is 25.2 Å². The van der Waals surface area contributed by atoms with Gasteiger partial charge in [-0.25, -0.2) is 0 Å². The van der Waals surface area contributed by atoms with Crippen molar-refractivity contribution in [2.24, 2.45) is 5.73 Å². The van der Waals surface area contributed by atoms with Crippen LogP contribution in [0, 0.1) is 0 Å². The molecule has 1 fully saturated rings. The van der Waals surface area contributed by atoms with Gasteiger partial charge in [0.25, 0.3) is 5.91 Å². The molecule has 19 heavy (non-hydrogen) atoms. The fraction of sp³-hybridized carbons (Fsp3) is 0.500. The van der Waals surface area contributed by atoms with Gasteiger partial charge in [-0.3, -0.25) is 4.79 Å². The number of hydrogen-bond acceptors (Lipinski definition) is 4. The van der Waals surface area contributed by atoms with Gasteiger partial charge in [0.2, 0.25) is 0 Å². The summed E-state index contributed by atoms with van der Waals surface area (Å²) in [6, 6.07) is 7.22. The molecule has 1 unspecified atom stereocenters. The summed E-state index contributed by atoms with van der Waals surface area (Å²) in [5.74, 6) is 0.797. The zero-order chi connectivity index (χ0) is 13.7. The molecular formula is C14H20N2O3. The molecule has 1 amide bonds. The van der Waals surface area contributed by atoms with Crippen LogP contribution < -0.4 is 10.5 Å². The van der Waals surface area contributed by atoms with Gasteiger partial charge in [-0.1, -0.05) is 0 Å². The monoisotopic (exact) mass is 264 g/mol. The minimum absolute atomic E-state index is 0.0183. The number of morpholine rings is 1. The van der Waals surface area contributed by atoms with Crippen molar-refractivity contribution in [2.75, 3.05) is 32.8 Å². The van der Waals surface area contributed by atoms with Crippen molar-refractivity contribution in [2.45, 2.75) is 13.0 Å². The molecule has 1 aliphatic heterocycles. The van der Waals surface area contributed by atoms with Crippen molar-refractivity contribution in [3.63, 3.8) is 0 Å². The third-order valence-corrected chi connectivity index (χ3v) is 3.10. The van der Waals surface area contributed by atoms with E-state index >= 15 is 0 Å². The summed E-state index contributed by atoms with van der Waals surface area (Å²) in [6.07, 6.45) is -0.0552. The van der Waals surface area contributed by atoms with Crippen LogP contribution in [0.3, 0.4) is 0 Å². The van der Waals surface area contributed by atoms with E-state index in [2.05, 4.69) is 0 Å². The molecule has 0 saturated carbocycles. The third-order valence-electron chi connectivity index (χ3n) is 3.10. The van der Waals surface area contributed by atoms with Crippen LogP contribution in [-0.2, 0) is 4.74 Å². The lowest BCUT2D eigenvalue weighted by Gasteiger charge is -2.32. The van der Waals surface area contributed by atoms with Crippen LogP contribution in [0.4, 0.5) is 0 Å². The fourth-order valence-corrected chi connectivity index (χ4v) is 2.09. The van der Waals surface area contributed by atoms with Gasteiger partial charge in [0.05, 0.1) is 19.3 Å². The van der Waals surface area contributed by atoms with E-state index < -0.39 is 0 Å². The Morgan fingerprint density at radius 3 is 2.84 bits per heavy atom. The van der Waals surface area contributed by atoms with E-state index in [9.17, 15) is 4.79 Å². The predicted octanol–water partition coefficient (Wildman–Crippen LogP) is 0.885. The largest absolute Gasteiger partial charge is 0.494 e. The number of nitrogens with two attached hydrogens (primary N) is 1. The summed E-state index contributed by atoms with van der Waals surface area (Å²) >= 11 is 0. The number of ether oxygens (including phenoxy) is 2. The molecule has 1 atom stereocenters. The maximum Gasteiger partial charge on any atom is 0.254 e. The van der Waals surface area contributed by atoms with Gasteiger partial charge in [-0.05, 0) is 31.2 Å². The molecule has 1 heterocycles. The first-order valence-electron chi connectivity index (χ1n) is 6.58. The zero-order valence-electron chi connectivity index (χ0n) is 11.2. The average molecular weight is 264 g/mol. The van der Waals surface area contributed by atoms with Gasteiger partial charge in [-0.2, -0.15) is 0 Å². The number of benzene rings is 1. The molecule has 5 nitrogen and oxygen atoms in total. The topological polar surface area (TPSA) is 64.8 Å². The molecule has 5 heteroatoms. The number of amides is 1. The van der Waals surface area contributed by atoms with Gasteiger partial charge in [0.15, 0.2) is 0 Å². The highest BCUT2D eigenvalue weighted by Gasteiger charge is 2.24. The molecule has 0 radical (unpaired) electrons. The minimum atomic E-state index is -0.0552. The van der Waals surface area contributed by atoms with Crippen molar-refractivity contribution in [1.82, 2.24) is 4.90 Å². The highest BCUT2D eigenvalue weighted by molar-refractivity contribution is 5.94. The Morgan fingerprint density at radius 2 is 2.21 bits per heavy atom. The van der Waals surface area contributed by atoms with E-state index in [0.717, 1.165) is 5.75 Å². The summed E-state index contributed by atoms with van der Waals surface area (Å²) in [7, 11) is 0. The van der Waals surface area contributed by atoms with E-state index in [1.807, 2.05) is 19.1 Å². The van der Waals surface area contributed by atoms with Crippen molar-refractivity contribution < 1.29 is 14.3 Å². The quantitative estimate of drug-likeness (QED) is 0.877. The van der Waals surface area contributed by atoms with Gasteiger partial charge >= 0.3 is 0 Å². The Morgan fingerprint density at radius 1 is 1.47 bits per heavy atom. The lowest BCUT2D eigenvalue weighted by molar-refractivity contribution is -0.0167. The molecule has 1 aromatic rings. The van der Waals surface area contributed by atoms with E-state index in [4.69, 9.17) is 15.2 Å². The SMILES string of the molecule is CCOc1ccc(C(=O)N2CCOC(CN)C2)cc1. The molecule has 2 N–H and O–H groups in total. The second kappa shape index (κ2) is 6.54. The molecule has 2 rings (SSSR count). The fourth-order valence-electron chi connectivity index (χ4n) is 2.09. The van der Waals surface area contributed by atoms with E-state index in [1.165, 1.54) is 0 Å². The molecule has 0 aromatic heterocycles. The van der Waals surface area contributed by atoms with Crippen LogP contribution in [0.25, 0.3) is 0 Å². The van der Waals surface area contributed by atoms with E-state index in [1.54, 1.807) is 17.0 Å². The third kappa shape index (κ3) is 3.45. The first-order valence-corrected chi connectivity index (χ1v) is 6.58. The maximum absolute atomic E-state index is 12.3. The highest BCUT2D eigenvalue weighted by atomic mass is 16.5. The maximum atomic E-state index is 12.3. The first-order chi connectivity index (χ1) is 9.24. The predicted molar refractivity (Wildman–Crippen MR) is 72.3 cm³/mol. The number of nitrogens with zero attached hydrogens (tertiary/aromatic N) is 1. The van der Waals surface area contributed by atoms with Gasteiger partial charge < -0.3 is 20.1 Å².